The van der Waals surface area contributed by atoms with Crippen molar-refractivity contribution in [2.24, 2.45) is 5.73 Å². The van der Waals surface area contributed by atoms with E-state index in [-0.39, 0.29) is 30.7 Å². The number of rotatable bonds is 9. The highest BCUT2D eigenvalue weighted by molar-refractivity contribution is 7.90. The van der Waals surface area contributed by atoms with Crippen LogP contribution >= 0.6 is 0 Å². The third-order valence-electron chi connectivity index (χ3n) is 4.01. The SMILES string of the molecule is C[NH2+]CC(=O)N[C@@H]1C=C(C(=O)N[C@@H](CCS(C)(=O)=O)C(N)=O)C[C@@H](O)[C@@H]1O. The summed E-state index contributed by atoms with van der Waals surface area (Å²) in [5.41, 5.74) is 5.25. The Labute approximate surface area is 157 Å². The zero-order chi connectivity index (χ0) is 20.8. The van der Waals surface area contributed by atoms with E-state index in [9.17, 15) is 33.0 Å². The van der Waals surface area contributed by atoms with E-state index < -0.39 is 51.9 Å². The van der Waals surface area contributed by atoms with E-state index in [4.69, 9.17) is 5.73 Å². The monoisotopic (exact) mass is 407 g/mol. The first-order valence-corrected chi connectivity index (χ1v) is 10.4. The molecule has 3 amide bonds. The number of aliphatic hydroxyl groups is 2. The second-order valence-corrected chi connectivity index (χ2v) is 8.77. The predicted octanol–water partition coefficient (Wildman–Crippen LogP) is -4.88. The molecule has 0 bridgehead atoms. The zero-order valence-corrected chi connectivity index (χ0v) is 16.0. The minimum Gasteiger partial charge on any atom is -0.390 e. The van der Waals surface area contributed by atoms with Gasteiger partial charge in [-0.1, -0.05) is 6.08 Å². The number of carbonyl (C=O) groups excluding carboxylic acids is 3. The molecule has 1 rings (SSSR count). The molecule has 0 heterocycles. The Hall–Kier alpha value is -2.02. The average molecular weight is 407 g/mol. The molecule has 12 heteroatoms. The Bertz CT molecular complexity index is 707. The molecular weight excluding hydrogens is 380 g/mol. The lowest BCUT2D eigenvalue weighted by molar-refractivity contribution is -0.615. The lowest BCUT2D eigenvalue weighted by atomic mass is 9.89. The highest BCUT2D eigenvalue weighted by atomic mass is 32.2. The number of nitrogens with one attached hydrogen (secondary N) is 2. The molecule has 0 aromatic heterocycles. The molecule has 0 aromatic carbocycles. The van der Waals surface area contributed by atoms with Gasteiger partial charge in [0.05, 0.1) is 24.9 Å². The van der Waals surface area contributed by atoms with Crippen molar-refractivity contribution in [2.75, 3.05) is 25.6 Å². The van der Waals surface area contributed by atoms with Gasteiger partial charge in [0.2, 0.25) is 11.8 Å². The third-order valence-corrected chi connectivity index (χ3v) is 4.98. The van der Waals surface area contributed by atoms with E-state index in [1.165, 1.54) is 6.08 Å². The molecule has 0 aliphatic heterocycles. The summed E-state index contributed by atoms with van der Waals surface area (Å²) in [4.78, 5) is 35.6. The predicted molar refractivity (Wildman–Crippen MR) is 94.8 cm³/mol. The number of carbonyl (C=O) groups is 3. The van der Waals surface area contributed by atoms with Crippen LogP contribution in [0.2, 0.25) is 0 Å². The lowest BCUT2D eigenvalue weighted by Gasteiger charge is -2.31. The molecular formula is C15H27N4O7S+. The van der Waals surface area contributed by atoms with Crippen molar-refractivity contribution in [2.45, 2.75) is 37.1 Å². The molecule has 11 nitrogen and oxygen atoms in total. The highest BCUT2D eigenvalue weighted by Crippen LogP contribution is 2.20. The number of sulfone groups is 1. The summed E-state index contributed by atoms with van der Waals surface area (Å²) in [7, 11) is -1.67. The van der Waals surface area contributed by atoms with Gasteiger partial charge in [0.1, 0.15) is 22.0 Å². The van der Waals surface area contributed by atoms with Crippen molar-refractivity contribution < 1.29 is 38.3 Å². The molecule has 1 aliphatic rings. The molecule has 154 valence electrons. The van der Waals surface area contributed by atoms with E-state index >= 15 is 0 Å². The van der Waals surface area contributed by atoms with Crippen LogP contribution in [-0.4, -0.2) is 86.2 Å². The number of nitrogens with two attached hydrogens (primary N) is 2. The molecule has 0 fully saturated rings. The molecule has 4 atom stereocenters. The van der Waals surface area contributed by atoms with E-state index in [0.29, 0.717) is 0 Å². The minimum absolute atomic E-state index is 0.0455. The maximum absolute atomic E-state index is 12.4. The number of hydrogen-bond acceptors (Lipinski definition) is 7. The topological polar surface area (TPSA) is 192 Å². The summed E-state index contributed by atoms with van der Waals surface area (Å²) >= 11 is 0. The normalized spacial score (nSPS) is 23.9. The number of quaternary nitrogens is 1. The van der Waals surface area contributed by atoms with Crippen molar-refractivity contribution in [1.29, 1.82) is 0 Å². The zero-order valence-electron chi connectivity index (χ0n) is 15.2. The van der Waals surface area contributed by atoms with Crippen molar-refractivity contribution >= 4 is 27.6 Å². The van der Waals surface area contributed by atoms with Gasteiger partial charge in [-0.25, -0.2) is 8.42 Å². The Morgan fingerprint density at radius 2 is 2.00 bits per heavy atom. The third kappa shape index (κ3) is 7.62. The number of likely N-dealkylation sites (N-methyl/N-ethyl adjacent to an activating group) is 1. The van der Waals surface area contributed by atoms with Crippen LogP contribution in [0, 0.1) is 0 Å². The fourth-order valence-electron chi connectivity index (χ4n) is 2.56. The molecule has 0 radical (unpaired) electrons. The van der Waals surface area contributed by atoms with E-state index in [0.717, 1.165) is 6.26 Å². The van der Waals surface area contributed by atoms with Gasteiger partial charge in [-0.3, -0.25) is 14.4 Å². The number of primary amides is 1. The standard InChI is InChI=1S/C15H26N4O7S/c1-17-7-12(21)18-10-5-8(6-11(20)13(10)22)15(24)19-9(14(16)23)3-4-27(2,25)26/h5,9-11,13,17,20,22H,3-4,6-7H2,1-2H3,(H2,16,23)(H,18,21)(H,19,24)/p+1/t9-,10+,11+,13+/m0/s1. The van der Waals surface area contributed by atoms with E-state index in [1.54, 1.807) is 12.4 Å². The maximum atomic E-state index is 12.4. The largest absolute Gasteiger partial charge is 0.390 e. The van der Waals surface area contributed by atoms with Gasteiger partial charge in [0.25, 0.3) is 5.91 Å². The van der Waals surface area contributed by atoms with Crippen LogP contribution in [-0.2, 0) is 24.2 Å². The quantitative estimate of drug-likeness (QED) is 0.220. The van der Waals surface area contributed by atoms with Crippen LogP contribution in [0.3, 0.4) is 0 Å². The average Bonchev–Trinajstić information content (AvgIpc) is 2.54. The summed E-state index contributed by atoms with van der Waals surface area (Å²) in [5, 5.41) is 26.4. The Morgan fingerprint density at radius 1 is 1.37 bits per heavy atom. The maximum Gasteiger partial charge on any atom is 0.275 e. The van der Waals surface area contributed by atoms with Crippen molar-refractivity contribution in [1.82, 2.24) is 10.6 Å². The van der Waals surface area contributed by atoms with Crippen molar-refractivity contribution in [3.05, 3.63) is 11.6 Å². The lowest BCUT2D eigenvalue weighted by Crippen LogP contribution is -2.82. The fourth-order valence-corrected chi connectivity index (χ4v) is 3.23. The van der Waals surface area contributed by atoms with Gasteiger partial charge in [-0.05, 0) is 6.42 Å². The molecule has 27 heavy (non-hydrogen) atoms. The van der Waals surface area contributed by atoms with Gasteiger partial charge in [0, 0.05) is 18.2 Å². The Balaban J connectivity index is 2.88. The fraction of sp³-hybridized carbons (Fsp3) is 0.667. The number of aliphatic hydroxyl groups excluding tert-OH is 2. The smallest absolute Gasteiger partial charge is 0.275 e. The summed E-state index contributed by atoms with van der Waals surface area (Å²) < 4.78 is 22.5. The molecule has 0 unspecified atom stereocenters. The molecule has 1 aliphatic carbocycles. The Morgan fingerprint density at radius 3 is 2.52 bits per heavy atom. The van der Waals surface area contributed by atoms with Gasteiger partial charge in [0.15, 0.2) is 6.54 Å². The van der Waals surface area contributed by atoms with Crippen LogP contribution in [0.15, 0.2) is 11.6 Å². The van der Waals surface area contributed by atoms with Gasteiger partial charge < -0.3 is 31.9 Å². The van der Waals surface area contributed by atoms with Crippen LogP contribution in [0.4, 0.5) is 0 Å². The Kier molecular flexibility index (Phi) is 8.34. The summed E-state index contributed by atoms with van der Waals surface area (Å²) in [6.07, 6.45) is -0.680. The first kappa shape index (κ1) is 23.0. The van der Waals surface area contributed by atoms with Crippen molar-refractivity contribution in [3.63, 3.8) is 0 Å². The van der Waals surface area contributed by atoms with E-state index in [1.807, 2.05) is 0 Å². The molecule has 0 spiro atoms. The van der Waals surface area contributed by atoms with Crippen LogP contribution < -0.4 is 21.7 Å². The second kappa shape index (κ2) is 9.78. The first-order chi connectivity index (χ1) is 12.4. The molecule has 0 aromatic rings. The number of hydrogen-bond donors (Lipinski definition) is 6. The first-order valence-electron chi connectivity index (χ1n) is 8.36. The van der Waals surface area contributed by atoms with Crippen LogP contribution in [0.25, 0.3) is 0 Å². The number of amides is 3. The van der Waals surface area contributed by atoms with Gasteiger partial charge in [-0.2, -0.15) is 0 Å². The second-order valence-electron chi connectivity index (χ2n) is 6.51. The van der Waals surface area contributed by atoms with Crippen molar-refractivity contribution in [3.8, 4) is 0 Å². The minimum atomic E-state index is -3.35. The molecule has 0 saturated carbocycles. The summed E-state index contributed by atoms with van der Waals surface area (Å²) in [5.74, 6) is -2.37. The van der Waals surface area contributed by atoms with Crippen LogP contribution in [0.1, 0.15) is 12.8 Å². The van der Waals surface area contributed by atoms with Gasteiger partial charge in [-0.15, -0.1) is 0 Å². The van der Waals surface area contributed by atoms with E-state index in [2.05, 4.69) is 10.6 Å². The highest BCUT2D eigenvalue weighted by Gasteiger charge is 2.34. The van der Waals surface area contributed by atoms with Crippen LogP contribution in [0.5, 0.6) is 0 Å². The molecule has 8 N–H and O–H groups in total. The van der Waals surface area contributed by atoms with Gasteiger partial charge >= 0.3 is 0 Å². The summed E-state index contributed by atoms with van der Waals surface area (Å²) in [6, 6.07) is -2.19. The molecule has 0 saturated heterocycles. The summed E-state index contributed by atoms with van der Waals surface area (Å²) in [6.45, 7) is 0.101.